The lowest BCUT2D eigenvalue weighted by molar-refractivity contribution is 1.34. The predicted octanol–water partition coefficient (Wildman–Crippen LogP) is 2.85. The van der Waals surface area contributed by atoms with Gasteiger partial charge in [-0.1, -0.05) is 0 Å². The molecule has 0 aliphatic carbocycles. The zero-order chi connectivity index (χ0) is 5.98. The van der Waals surface area contributed by atoms with Crippen molar-refractivity contribution in [3.63, 3.8) is 0 Å². The first-order valence-electron chi connectivity index (χ1n) is 2.67. The molecule has 1 aliphatic rings. The summed E-state index contributed by atoms with van der Waals surface area (Å²) in [7, 11) is 0. The van der Waals surface area contributed by atoms with Crippen molar-refractivity contribution in [3.8, 4) is 0 Å². The van der Waals surface area contributed by atoms with Crippen LogP contribution >= 0.6 is 35.3 Å². The Hall–Kier alpha value is 1.05. The highest BCUT2D eigenvalue weighted by molar-refractivity contribution is 8.33. The van der Waals surface area contributed by atoms with Crippen LogP contribution in [-0.2, 0) is 0 Å². The molecule has 0 amide bonds. The fourth-order valence-corrected chi connectivity index (χ4v) is 5.81. The third kappa shape index (κ3) is 2.11. The normalized spacial score (nSPS) is 39.8. The highest BCUT2D eigenvalue weighted by Crippen LogP contribution is 2.40. The summed E-state index contributed by atoms with van der Waals surface area (Å²) in [5.74, 6) is 0. The Morgan fingerprint density at radius 2 is 1.62 bits per heavy atom. The fraction of sp³-hybridized carbons (Fsp3) is 1.00. The van der Waals surface area contributed by atoms with E-state index in [1.165, 1.54) is 5.08 Å². The lowest BCUT2D eigenvalue weighted by atomic mass is 10.9. The lowest BCUT2D eigenvalue weighted by Crippen LogP contribution is -2.04. The Labute approximate surface area is 63.6 Å². The third-order valence-corrected chi connectivity index (χ3v) is 5.27. The zero-order valence-electron chi connectivity index (χ0n) is 5.09. The predicted molar refractivity (Wildman–Crippen MR) is 46.6 cm³/mol. The average molecular weight is 166 g/mol. The summed E-state index contributed by atoms with van der Waals surface area (Å²) in [6.07, 6.45) is 0. The molecule has 1 saturated heterocycles. The monoisotopic (exact) mass is 166 g/mol. The van der Waals surface area contributed by atoms with E-state index >= 15 is 0 Å². The van der Waals surface area contributed by atoms with Gasteiger partial charge in [-0.05, 0) is 13.8 Å². The van der Waals surface area contributed by atoms with E-state index in [0.29, 0.717) is 0 Å². The SMILES string of the molecule is C[C@@H]1SCS[C@H](C)S1. The van der Waals surface area contributed by atoms with E-state index in [1.54, 1.807) is 0 Å². The molecule has 0 nitrogen and oxygen atoms in total. The van der Waals surface area contributed by atoms with Crippen LogP contribution in [-0.4, -0.2) is 14.2 Å². The highest BCUT2D eigenvalue weighted by atomic mass is 32.3. The molecule has 0 aromatic rings. The summed E-state index contributed by atoms with van der Waals surface area (Å²) in [6, 6.07) is 0. The molecule has 1 fully saturated rings. The first-order chi connectivity index (χ1) is 3.79. The second-order valence-electron chi connectivity index (χ2n) is 1.72. The average Bonchev–Trinajstić information content (AvgIpc) is 1.64. The van der Waals surface area contributed by atoms with Crippen molar-refractivity contribution in [2.75, 3.05) is 5.08 Å². The molecule has 0 N–H and O–H groups in total. The standard InChI is InChI=1S/C5H10S3/c1-4-6-3-7-5(2)8-4/h4-5H,3H2,1-2H3/t4-,5+. The van der Waals surface area contributed by atoms with Gasteiger partial charge in [0.2, 0.25) is 0 Å². The summed E-state index contributed by atoms with van der Waals surface area (Å²) < 4.78 is 1.65. The zero-order valence-corrected chi connectivity index (χ0v) is 7.54. The fourth-order valence-electron chi connectivity index (χ4n) is 0.579. The van der Waals surface area contributed by atoms with Gasteiger partial charge in [-0.3, -0.25) is 0 Å². The molecule has 1 aliphatic heterocycles. The van der Waals surface area contributed by atoms with Crippen LogP contribution in [0.2, 0.25) is 0 Å². The van der Waals surface area contributed by atoms with Gasteiger partial charge in [0.1, 0.15) is 0 Å². The molecule has 3 heteroatoms. The summed E-state index contributed by atoms with van der Waals surface area (Å²) >= 11 is 6.16. The van der Waals surface area contributed by atoms with Crippen LogP contribution in [0.1, 0.15) is 13.8 Å². The van der Waals surface area contributed by atoms with Crippen molar-refractivity contribution >= 4 is 35.3 Å². The minimum Gasteiger partial charge on any atom is -0.137 e. The van der Waals surface area contributed by atoms with E-state index in [2.05, 4.69) is 25.6 Å². The Morgan fingerprint density at radius 1 is 1.12 bits per heavy atom. The molecule has 0 spiro atoms. The second kappa shape index (κ2) is 3.28. The topological polar surface area (TPSA) is 0 Å². The van der Waals surface area contributed by atoms with Crippen LogP contribution in [0, 0.1) is 0 Å². The molecule has 0 aromatic heterocycles. The first kappa shape index (κ1) is 7.16. The van der Waals surface area contributed by atoms with Gasteiger partial charge in [0.15, 0.2) is 0 Å². The quantitative estimate of drug-likeness (QED) is 0.543. The molecule has 0 unspecified atom stereocenters. The molecule has 0 aromatic carbocycles. The number of thioether (sulfide) groups is 3. The van der Waals surface area contributed by atoms with Crippen LogP contribution in [0.15, 0.2) is 0 Å². The van der Waals surface area contributed by atoms with Crippen molar-refractivity contribution in [1.82, 2.24) is 0 Å². The van der Waals surface area contributed by atoms with Crippen LogP contribution in [0.3, 0.4) is 0 Å². The van der Waals surface area contributed by atoms with E-state index in [4.69, 9.17) is 0 Å². The Kier molecular flexibility index (Phi) is 2.93. The van der Waals surface area contributed by atoms with Gasteiger partial charge < -0.3 is 0 Å². The molecule has 8 heavy (non-hydrogen) atoms. The maximum absolute atomic E-state index is 2.28. The van der Waals surface area contributed by atoms with Crippen LogP contribution in [0.25, 0.3) is 0 Å². The molecular formula is C5H10S3. The van der Waals surface area contributed by atoms with Gasteiger partial charge in [0.25, 0.3) is 0 Å². The van der Waals surface area contributed by atoms with Gasteiger partial charge in [0, 0.05) is 14.2 Å². The molecular weight excluding hydrogens is 156 g/mol. The summed E-state index contributed by atoms with van der Waals surface area (Å²) in [5.41, 5.74) is 0. The summed E-state index contributed by atoms with van der Waals surface area (Å²) in [5, 5.41) is 1.29. The van der Waals surface area contributed by atoms with Crippen LogP contribution in [0.5, 0.6) is 0 Å². The van der Waals surface area contributed by atoms with Crippen molar-refractivity contribution in [2.24, 2.45) is 0 Å². The molecule has 0 bridgehead atoms. The van der Waals surface area contributed by atoms with E-state index in [1.807, 2.05) is 23.5 Å². The minimum atomic E-state index is 0.825. The Bertz CT molecular complexity index is 66.1. The summed E-state index contributed by atoms with van der Waals surface area (Å²) in [4.78, 5) is 0. The van der Waals surface area contributed by atoms with E-state index in [9.17, 15) is 0 Å². The van der Waals surface area contributed by atoms with Crippen molar-refractivity contribution < 1.29 is 0 Å². The van der Waals surface area contributed by atoms with E-state index < -0.39 is 0 Å². The summed E-state index contributed by atoms with van der Waals surface area (Å²) in [6.45, 7) is 4.57. The maximum Gasteiger partial charge on any atom is 0.0493 e. The molecule has 1 rings (SSSR count). The van der Waals surface area contributed by atoms with Crippen molar-refractivity contribution in [3.05, 3.63) is 0 Å². The van der Waals surface area contributed by atoms with Crippen LogP contribution < -0.4 is 0 Å². The third-order valence-electron chi connectivity index (χ3n) is 0.989. The Balaban J connectivity index is 2.23. The molecule has 0 saturated carbocycles. The molecule has 48 valence electrons. The lowest BCUT2D eigenvalue weighted by Gasteiger charge is -2.21. The minimum absolute atomic E-state index is 0.825. The van der Waals surface area contributed by atoms with Gasteiger partial charge in [-0.15, -0.1) is 35.3 Å². The second-order valence-corrected chi connectivity index (χ2v) is 7.03. The van der Waals surface area contributed by atoms with Gasteiger partial charge >= 0.3 is 0 Å². The largest absolute Gasteiger partial charge is 0.137 e. The van der Waals surface area contributed by atoms with E-state index in [-0.39, 0.29) is 0 Å². The van der Waals surface area contributed by atoms with Gasteiger partial charge in [0.05, 0.1) is 0 Å². The van der Waals surface area contributed by atoms with E-state index in [0.717, 1.165) is 9.16 Å². The molecule has 1 heterocycles. The first-order valence-corrected chi connectivity index (χ1v) is 5.72. The van der Waals surface area contributed by atoms with Crippen LogP contribution in [0.4, 0.5) is 0 Å². The van der Waals surface area contributed by atoms with Gasteiger partial charge in [-0.25, -0.2) is 0 Å². The number of rotatable bonds is 0. The highest BCUT2D eigenvalue weighted by Gasteiger charge is 2.15. The number of hydrogen-bond donors (Lipinski definition) is 0. The van der Waals surface area contributed by atoms with Gasteiger partial charge in [-0.2, -0.15) is 0 Å². The molecule has 2 atom stereocenters. The van der Waals surface area contributed by atoms with Crippen molar-refractivity contribution in [1.29, 1.82) is 0 Å². The number of hydrogen-bond acceptors (Lipinski definition) is 3. The maximum atomic E-state index is 2.28. The molecule has 0 radical (unpaired) electrons. The van der Waals surface area contributed by atoms with Crippen molar-refractivity contribution in [2.45, 2.75) is 23.0 Å². The smallest absolute Gasteiger partial charge is 0.0493 e. The Morgan fingerprint density at radius 3 is 1.88 bits per heavy atom.